The summed E-state index contributed by atoms with van der Waals surface area (Å²) >= 11 is 0. The lowest BCUT2D eigenvalue weighted by Crippen LogP contribution is -2.46. The Kier molecular flexibility index (Phi) is 5.55. The summed E-state index contributed by atoms with van der Waals surface area (Å²) in [7, 11) is -3.16. The van der Waals surface area contributed by atoms with Crippen molar-refractivity contribution in [1.82, 2.24) is 9.62 Å². The van der Waals surface area contributed by atoms with Crippen molar-refractivity contribution in [2.45, 2.75) is 25.8 Å². The van der Waals surface area contributed by atoms with Crippen LogP contribution < -0.4 is 10.0 Å². The molecule has 2 rings (SSSR count). The van der Waals surface area contributed by atoms with Gasteiger partial charge in [0.25, 0.3) is 0 Å². The average Bonchev–Trinajstić information content (AvgIpc) is 2.39. The Bertz CT molecular complexity index is 623. The number of nitrogens with one attached hydrogen (secondary N) is 2. The van der Waals surface area contributed by atoms with Crippen molar-refractivity contribution in [3.05, 3.63) is 29.8 Å². The van der Waals surface area contributed by atoms with Crippen LogP contribution in [0.25, 0.3) is 0 Å². The summed E-state index contributed by atoms with van der Waals surface area (Å²) in [5, 5.41) is 2.89. The maximum Gasteiger partial charge on any atom is 0.238 e. The Labute approximate surface area is 131 Å². The van der Waals surface area contributed by atoms with Gasteiger partial charge in [0.2, 0.25) is 15.9 Å². The van der Waals surface area contributed by atoms with Crippen molar-refractivity contribution in [2.24, 2.45) is 0 Å². The fourth-order valence-electron chi connectivity index (χ4n) is 2.64. The highest BCUT2D eigenvalue weighted by molar-refractivity contribution is 7.88. The number of nitrogens with zero attached hydrogens (tertiary/aromatic N) is 1. The van der Waals surface area contributed by atoms with Gasteiger partial charge in [0, 0.05) is 24.8 Å². The van der Waals surface area contributed by atoms with Gasteiger partial charge in [-0.2, -0.15) is 0 Å². The van der Waals surface area contributed by atoms with E-state index in [1.165, 1.54) is 6.26 Å². The van der Waals surface area contributed by atoms with Gasteiger partial charge in [-0.1, -0.05) is 12.1 Å². The molecule has 6 nitrogen and oxygen atoms in total. The molecule has 1 saturated heterocycles. The monoisotopic (exact) mass is 325 g/mol. The molecule has 122 valence electrons. The highest BCUT2D eigenvalue weighted by Crippen LogP contribution is 2.12. The van der Waals surface area contributed by atoms with Crippen LogP contribution in [0.2, 0.25) is 0 Å². The van der Waals surface area contributed by atoms with Gasteiger partial charge in [0.15, 0.2) is 0 Å². The zero-order chi connectivity index (χ0) is 16.2. The van der Waals surface area contributed by atoms with Crippen molar-refractivity contribution in [3.8, 4) is 0 Å². The molecule has 1 heterocycles. The van der Waals surface area contributed by atoms with Gasteiger partial charge < -0.3 is 5.32 Å². The van der Waals surface area contributed by atoms with E-state index in [2.05, 4.69) is 10.0 Å². The second-order valence-corrected chi connectivity index (χ2v) is 7.64. The van der Waals surface area contributed by atoms with Crippen molar-refractivity contribution in [3.63, 3.8) is 0 Å². The molecule has 1 amide bonds. The lowest BCUT2D eigenvalue weighted by atomic mass is 10.1. The van der Waals surface area contributed by atoms with Crippen molar-refractivity contribution in [2.75, 3.05) is 31.2 Å². The number of aryl methyl sites for hydroxylation is 1. The van der Waals surface area contributed by atoms with Gasteiger partial charge in [-0.15, -0.1) is 0 Å². The lowest BCUT2D eigenvalue weighted by molar-refractivity contribution is -0.117. The SMILES string of the molecule is Cc1cccc(NC(=O)CN2CCC(NS(C)(=O)=O)CC2)c1. The standard InChI is InChI=1S/C15H23N3O3S/c1-12-4-3-5-14(10-12)16-15(19)11-18-8-6-13(7-9-18)17-22(2,20)21/h3-5,10,13,17H,6-9,11H2,1-2H3,(H,16,19). The molecule has 0 saturated carbocycles. The predicted octanol–water partition coefficient (Wildman–Crippen LogP) is 0.947. The Morgan fingerprint density at radius 1 is 1.32 bits per heavy atom. The van der Waals surface area contributed by atoms with Crippen molar-refractivity contribution < 1.29 is 13.2 Å². The van der Waals surface area contributed by atoms with Crippen LogP contribution in [0, 0.1) is 6.92 Å². The molecule has 0 unspecified atom stereocenters. The van der Waals surface area contributed by atoms with Gasteiger partial charge in [-0.25, -0.2) is 13.1 Å². The van der Waals surface area contributed by atoms with E-state index in [4.69, 9.17) is 0 Å². The van der Waals surface area contributed by atoms with Gasteiger partial charge in [0.05, 0.1) is 12.8 Å². The van der Waals surface area contributed by atoms with Crippen LogP contribution in [-0.4, -0.2) is 51.2 Å². The number of amides is 1. The number of hydrogen-bond donors (Lipinski definition) is 2. The number of carbonyl (C=O) groups is 1. The molecule has 1 fully saturated rings. The van der Waals surface area contributed by atoms with Crippen LogP contribution in [-0.2, 0) is 14.8 Å². The smallest absolute Gasteiger partial charge is 0.238 e. The first-order valence-corrected chi connectivity index (χ1v) is 9.27. The maximum absolute atomic E-state index is 12.0. The predicted molar refractivity (Wildman–Crippen MR) is 87.3 cm³/mol. The number of piperidine rings is 1. The van der Waals surface area contributed by atoms with Crippen LogP contribution in [0.1, 0.15) is 18.4 Å². The summed E-state index contributed by atoms with van der Waals surface area (Å²) in [6.45, 7) is 3.75. The number of likely N-dealkylation sites (tertiary alicyclic amines) is 1. The van der Waals surface area contributed by atoms with Gasteiger partial charge in [-0.05, 0) is 37.5 Å². The third-order valence-corrected chi connectivity index (χ3v) is 4.40. The highest BCUT2D eigenvalue weighted by atomic mass is 32.2. The average molecular weight is 325 g/mol. The third-order valence-electron chi connectivity index (χ3n) is 3.64. The normalized spacial score (nSPS) is 17.4. The number of benzene rings is 1. The molecule has 0 atom stereocenters. The van der Waals surface area contributed by atoms with Crippen LogP contribution in [0.15, 0.2) is 24.3 Å². The number of rotatable bonds is 5. The van der Waals surface area contributed by atoms with Crippen LogP contribution >= 0.6 is 0 Å². The Hall–Kier alpha value is -1.44. The molecule has 1 aliphatic heterocycles. The molecule has 0 radical (unpaired) electrons. The molecule has 1 aliphatic rings. The third kappa shape index (κ3) is 5.75. The first-order chi connectivity index (χ1) is 10.3. The molecule has 2 N–H and O–H groups in total. The van der Waals surface area contributed by atoms with Gasteiger partial charge in [-0.3, -0.25) is 9.69 Å². The second kappa shape index (κ2) is 7.21. The van der Waals surface area contributed by atoms with Crippen LogP contribution in [0.5, 0.6) is 0 Å². The first kappa shape index (κ1) is 16.9. The van der Waals surface area contributed by atoms with Crippen LogP contribution in [0.4, 0.5) is 5.69 Å². The summed E-state index contributed by atoms with van der Waals surface area (Å²) in [4.78, 5) is 14.1. The van der Waals surface area contributed by atoms with Gasteiger partial charge in [0.1, 0.15) is 0 Å². The quantitative estimate of drug-likeness (QED) is 0.845. The summed E-state index contributed by atoms with van der Waals surface area (Å²) in [5.74, 6) is -0.0416. The minimum absolute atomic E-state index is 0.0221. The van der Waals surface area contributed by atoms with E-state index in [0.29, 0.717) is 19.6 Å². The number of anilines is 1. The zero-order valence-corrected chi connectivity index (χ0v) is 13.8. The Balaban J connectivity index is 1.77. The number of carbonyl (C=O) groups excluding carboxylic acids is 1. The van der Waals surface area contributed by atoms with Gasteiger partial charge >= 0.3 is 0 Å². The summed E-state index contributed by atoms with van der Waals surface area (Å²) in [6, 6.07) is 7.67. The Morgan fingerprint density at radius 2 is 2.00 bits per heavy atom. The molecule has 7 heteroatoms. The fourth-order valence-corrected chi connectivity index (χ4v) is 3.48. The molecule has 1 aromatic rings. The molecular formula is C15H23N3O3S. The number of sulfonamides is 1. The van der Waals surface area contributed by atoms with E-state index in [-0.39, 0.29) is 11.9 Å². The van der Waals surface area contributed by atoms with Crippen LogP contribution in [0.3, 0.4) is 0 Å². The molecule has 0 spiro atoms. The van der Waals surface area contributed by atoms with E-state index >= 15 is 0 Å². The molecular weight excluding hydrogens is 302 g/mol. The van der Waals surface area contributed by atoms with E-state index < -0.39 is 10.0 Å². The molecule has 0 aromatic heterocycles. The van der Waals surface area contributed by atoms with Crippen molar-refractivity contribution >= 4 is 21.6 Å². The summed E-state index contributed by atoms with van der Waals surface area (Å²) in [6.07, 6.45) is 2.63. The van der Waals surface area contributed by atoms with Crippen molar-refractivity contribution in [1.29, 1.82) is 0 Å². The number of hydrogen-bond acceptors (Lipinski definition) is 4. The fraction of sp³-hybridized carbons (Fsp3) is 0.533. The zero-order valence-electron chi connectivity index (χ0n) is 13.0. The highest BCUT2D eigenvalue weighted by Gasteiger charge is 2.22. The molecule has 0 aliphatic carbocycles. The Morgan fingerprint density at radius 3 is 2.59 bits per heavy atom. The summed E-state index contributed by atoms with van der Waals surface area (Å²) < 4.78 is 25.0. The molecule has 22 heavy (non-hydrogen) atoms. The minimum atomic E-state index is -3.16. The molecule has 1 aromatic carbocycles. The largest absolute Gasteiger partial charge is 0.325 e. The second-order valence-electron chi connectivity index (χ2n) is 5.86. The first-order valence-electron chi connectivity index (χ1n) is 7.38. The van der Waals surface area contributed by atoms with E-state index in [1.54, 1.807) is 0 Å². The minimum Gasteiger partial charge on any atom is -0.325 e. The van der Waals surface area contributed by atoms with E-state index in [9.17, 15) is 13.2 Å². The summed E-state index contributed by atoms with van der Waals surface area (Å²) in [5.41, 5.74) is 1.91. The molecule has 0 bridgehead atoms. The maximum atomic E-state index is 12.0. The topological polar surface area (TPSA) is 78.5 Å². The lowest BCUT2D eigenvalue weighted by Gasteiger charge is -2.31. The van der Waals surface area contributed by atoms with E-state index in [1.807, 2.05) is 36.1 Å². The van der Waals surface area contributed by atoms with E-state index in [0.717, 1.165) is 24.1 Å².